The standard InChI is InChI=1S/C22H20F2N4O3/c1-2-31-22(30)14-3-5-17(6-4-14)28-20-10-19(18(12-27-20)21(25)29)26-11-13-7-15(23)9-16(24)8-13/h3-10,12H,2,11H2,1H3,(H2,25,29)(H2,26,27,28). The fourth-order valence-corrected chi connectivity index (χ4v) is 2.83. The number of nitrogens with one attached hydrogen (secondary N) is 2. The van der Waals surface area contributed by atoms with Gasteiger partial charge < -0.3 is 21.1 Å². The molecule has 1 amide bonds. The highest BCUT2D eigenvalue weighted by atomic mass is 19.1. The quantitative estimate of drug-likeness (QED) is 0.470. The number of rotatable bonds is 8. The van der Waals surface area contributed by atoms with Crippen LogP contribution in [0.2, 0.25) is 0 Å². The SMILES string of the molecule is CCOC(=O)c1ccc(Nc2cc(NCc3cc(F)cc(F)c3)c(C(N)=O)cn2)cc1. The topological polar surface area (TPSA) is 106 Å². The summed E-state index contributed by atoms with van der Waals surface area (Å²) in [5.74, 6) is -2.13. The van der Waals surface area contributed by atoms with Crippen LogP contribution in [0.15, 0.2) is 54.7 Å². The zero-order valence-electron chi connectivity index (χ0n) is 16.6. The second-order valence-electron chi connectivity index (χ2n) is 6.53. The van der Waals surface area contributed by atoms with Crippen LogP contribution in [0.4, 0.5) is 26.0 Å². The molecule has 160 valence electrons. The number of halogens is 2. The third kappa shape index (κ3) is 5.75. The Morgan fingerprint density at radius 3 is 2.35 bits per heavy atom. The highest BCUT2D eigenvalue weighted by Gasteiger charge is 2.12. The van der Waals surface area contributed by atoms with Crippen LogP contribution in [0, 0.1) is 11.6 Å². The van der Waals surface area contributed by atoms with Gasteiger partial charge in [-0.2, -0.15) is 0 Å². The Hall–Kier alpha value is -4.01. The molecule has 3 rings (SSSR count). The Bertz CT molecular complexity index is 1080. The summed E-state index contributed by atoms with van der Waals surface area (Å²) in [6.07, 6.45) is 1.30. The van der Waals surface area contributed by atoms with E-state index in [-0.39, 0.29) is 18.7 Å². The number of nitrogens with zero attached hydrogens (tertiary/aromatic N) is 1. The van der Waals surface area contributed by atoms with E-state index >= 15 is 0 Å². The molecule has 7 nitrogen and oxygen atoms in total. The number of carbonyl (C=O) groups is 2. The van der Waals surface area contributed by atoms with Crippen molar-refractivity contribution in [3.63, 3.8) is 0 Å². The summed E-state index contributed by atoms with van der Waals surface area (Å²) in [6.45, 7) is 2.07. The molecule has 0 aliphatic carbocycles. The maximum atomic E-state index is 13.4. The molecule has 1 aromatic heterocycles. The highest BCUT2D eigenvalue weighted by Crippen LogP contribution is 2.23. The molecule has 0 spiro atoms. The Balaban J connectivity index is 1.77. The summed E-state index contributed by atoms with van der Waals surface area (Å²) in [5, 5.41) is 6.00. The number of aromatic nitrogens is 1. The minimum atomic E-state index is -0.703. The first-order chi connectivity index (χ1) is 14.9. The first-order valence-electron chi connectivity index (χ1n) is 9.38. The van der Waals surface area contributed by atoms with E-state index in [1.54, 1.807) is 37.3 Å². The fourth-order valence-electron chi connectivity index (χ4n) is 2.83. The van der Waals surface area contributed by atoms with Gasteiger partial charge in [0.2, 0.25) is 0 Å². The first-order valence-corrected chi connectivity index (χ1v) is 9.38. The molecule has 1 heterocycles. The van der Waals surface area contributed by atoms with Crippen LogP contribution >= 0.6 is 0 Å². The normalized spacial score (nSPS) is 10.4. The molecule has 3 aromatic rings. The monoisotopic (exact) mass is 426 g/mol. The maximum Gasteiger partial charge on any atom is 0.338 e. The van der Waals surface area contributed by atoms with Crippen molar-refractivity contribution in [2.24, 2.45) is 5.73 Å². The van der Waals surface area contributed by atoms with Crippen LogP contribution in [0.1, 0.15) is 33.2 Å². The van der Waals surface area contributed by atoms with Gasteiger partial charge in [-0.05, 0) is 48.9 Å². The summed E-state index contributed by atoms with van der Waals surface area (Å²) < 4.78 is 31.7. The van der Waals surface area contributed by atoms with Gasteiger partial charge in [-0.25, -0.2) is 18.6 Å². The van der Waals surface area contributed by atoms with Crippen molar-refractivity contribution >= 4 is 29.1 Å². The van der Waals surface area contributed by atoms with E-state index in [4.69, 9.17) is 10.5 Å². The van der Waals surface area contributed by atoms with E-state index in [9.17, 15) is 18.4 Å². The fraction of sp³-hybridized carbons (Fsp3) is 0.136. The van der Waals surface area contributed by atoms with Crippen molar-refractivity contribution in [1.82, 2.24) is 4.98 Å². The third-order valence-electron chi connectivity index (χ3n) is 4.24. The number of benzene rings is 2. The van der Waals surface area contributed by atoms with E-state index < -0.39 is 23.5 Å². The molecule has 0 aliphatic heterocycles. The molecule has 31 heavy (non-hydrogen) atoms. The number of amides is 1. The maximum absolute atomic E-state index is 13.4. The van der Waals surface area contributed by atoms with Gasteiger partial charge >= 0.3 is 5.97 Å². The number of hydrogen-bond donors (Lipinski definition) is 3. The second-order valence-corrected chi connectivity index (χ2v) is 6.53. The van der Waals surface area contributed by atoms with Crippen LogP contribution < -0.4 is 16.4 Å². The molecule has 0 atom stereocenters. The molecule has 0 aliphatic rings. The van der Waals surface area contributed by atoms with Crippen LogP contribution in [-0.2, 0) is 11.3 Å². The van der Waals surface area contributed by atoms with E-state index in [0.717, 1.165) is 6.07 Å². The average Bonchev–Trinajstić information content (AvgIpc) is 2.72. The Labute approximate surface area is 177 Å². The van der Waals surface area contributed by atoms with Crippen LogP contribution in [0.3, 0.4) is 0 Å². The number of carbonyl (C=O) groups excluding carboxylic acids is 2. The minimum Gasteiger partial charge on any atom is -0.462 e. The van der Waals surface area contributed by atoms with E-state index in [2.05, 4.69) is 15.6 Å². The van der Waals surface area contributed by atoms with Crippen molar-refractivity contribution in [1.29, 1.82) is 0 Å². The van der Waals surface area contributed by atoms with Crippen LogP contribution in [0.5, 0.6) is 0 Å². The lowest BCUT2D eigenvalue weighted by Gasteiger charge is -2.13. The molecular formula is C22H20F2N4O3. The average molecular weight is 426 g/mol. The van der Waals surface area contributed by atoms with Gasteiger partial charge in [-0.3, -0.25) is 4.79 Å². The largest absolute Gasteiger partial charge is 0.462 e. The molecule has 0 saturated heterocycles. The Kier molecular flexibility index (Phi) is 6.76. The number of primary amides is 1. The summed E-state index contributed by atoms with van der Waals surface area (Å²) in [6, 6.07) is 11.3. The van der Waals surface area contributed by atoms with E-state index in [1.807, 2.05) is 0 Å². The number of anilines is 3. The zero-order valence-corrected chi connectivity index (χ0v) is 16.6. The molecule has 0 saturated carbocycles. The highest BCUT2D eigenvalue weighted by molar-refractivity contribution is 5.98. The number of ether oxygens (including phenoxy) is 1. The van der Waals surface area contributed by atoms with Crippen molar-refractivity contribution in [2.75, 3.05) is 17.2 Å². The van der Waals surface area contributed by atoms with Crippen LogP contribution in [-0.4, -0.2) is 23.5 Å². The molecule has 0 bridgehead atoms. The number of esters is 1. The first kappa shape index (κ1) is 21.7. The van der Waals surface area contributed by atoms with Gasteiger partial charge in [0.25, 0.3) is 5.91 Å². The summed E-state index contributed by atoms with van der Waals surface area (Å²) in [7, 11) is 0. The smallest absolute Gasteiger partial charge is 0.338 e. The second kappa shape index (κ2) is 9.66. The molecular weight excluding hydrogens is 406 g/mol. The van der Waals surface area contributed by atoms with Gasteiger partial charge in [0, 0.05) is 30.6 Å². The molecule has 4 N–H and O–H groups in total. The van der Waals surface area contributed by atoms with Gasteiger partial charge in [0.1, 0.15) is 17.5 Å². The molecule has 0 unspecified atom stereocenters. The summed E-state index contributed by atoms with van der Waals surface area (Å²) >= 11 is 0. The lowest BCUT2D eigenvalue weighted by atomic mass is 10.1. The molecule has 0 radical (unpaired) electrons. The van der Waals surface area contributed by atoms with E-state index in [0.29, 0.717) is 28.3 Å². The lowest BCUT2D eigenvalue weighted by Crippen LogP contribution is -2.15. The predicted octanol–water partition coefficient (Wildman–Crippen LogP) is 3.99. The zero-order chi connectivity index (χ0) is 22.4. The van der Waals surface area contributed by atoms with Crippen molar-refractivity contribution in [2.45, 2.75) is 13.5 Å². The van der Waals surface area contributed by atoms with Crippen molar-refractivity contribution in [3.05, 3.63) is 83.1 Å². The molecule has 9 heteroatoms. The van der Waals surface area contributed by atoms with Gasteiger partial charge in [-0.1, -0.05) is 0 Å². The summed E-state index contributed by atoms with van der Waals surface area (Å²) in [4.78, 5) is 27.6. The predicted molar refractivity (Wildman–Crippen MR) is 112 cm³/mol. The van der Waals surface area contributed by atoms with Gasteiger partial charge in [0.15, 0.2) is 0 Å². The van der Waals surface area contributed by atoms with E-state index in [1.165, 1.54) is 18.3 Å². The van der Waals surface area contributed by atoms with Gasteiger partial charge in [0.05, 0.1) is 23.4 Å². The molecule has 2 aromatic carbocycles. The van der Waals surface area contributed by atoms with Crippen molar-refractivity contribution < 1.29 is 23.1 Å². The van der Waals surface area contributed by atoms with Crippen molar-refractivity contribution in [3.8, 4) is 0 Å². The Morgan fingerprint density at radius 1 is 1.06 bits per heavy atom. The number of pyridine rings is 1. The Morgan fingerprint density at radius 2 is 1.74 bits per heavy atom. The number of nitrogens with two attached hydrogens (primary N) is 1. The summed E-state index contributed by atoms with van der Waals surface area (Å²) in [5.41, 5.74) is 7.28. The van der Waals surface area contributed by atoms with Crippen LogP contribution in [0.25, 0.3) is 0 Å². The minimum absolute atomic E-state index is 0.0622. The lowest BCUT2D eigenvalue weighted by molar-refractivity contribution is 0.0526. The number of hydrogen-bond acceptors (Lipinski definition) is 6. The van der Waals surface area contributed by atoms with Gasteiger partial charge in [-0.15, -0.1) is 0 Å². The third-order valence-corrected chi connectivity index (χ3v) is 4.24. The molecule has 0 fully saturated rings.